The van der Waals surface area contributed by atoms with Crippen molar-refractivity contribution >= 4 is 18.3 Å². The van der Waals surface area contributed by atoms with E-state index in [1.54, 1.807) is 0 Å². The van der Waals surface area contributed by atoms with Crippen LogP contribution in [0.15, 0.2) is 59.5 Å². The summed E-state index contributed by atoms with van der Waals surface area (Å²) in [4.78, 5) is 4.57. The molecule has 0 saturated heterocycles. The maximum Gasteiger partial charge on any atom is 0.496 e. The first-order valence-electron chi connectivity index (χ1n) is 6.50. The third-order valence-corrected chi connectivity index (χ3v) is 3.23. The summed E-state index contributed by atoms with van der Waals surface area (Å²) < 4.78 is 5.53. The molecule has 0 bridgehead atoms. The van der Waals surface area contributed by atoms with Crippen LogP contribution >= 0.6 is 0 Å². The molecular formula is C15H15BN2O. The lowest BCUT2D eigenvalue weighted by molar-refractivity contribution is 0.284. The van der Waals surface area contributed by atoms with Gasteiger partial charge in [-0.2, -0.15) is 0 Å². The van der Waals surface area contributed by atoms with Gasteiger partial charge in [-0.15, -0.1) is 0 Å². The Balaban J connectivity index is 1.82. The summed E-state index contributed by atoms with van der Waals surface area (Å²) in [6, 6.07) is 18.4. The number of hydrogen-bond acceptors (Lipinski definition) is 3. The molecule has 0 aromatic heterocycles. The van der Waals surface area contributed by atoms with Crippen molar-refractivity contribution in [3.8, 4) is 0 Å². The number of amidine groups is 1. The summed E-state index contributed by atoms with van der Waals surface area (Å²) in [5.74, 6) is 0.783. The molecule has 1 N–H and O–H groups in total. The molecule has 0 radical (unpaired) electrons. The Morgan fingerprint density at radius 1 is 1.05 bits per heavy atom. The highest BCUT2D eigenvalue weighted by Crippen LogP contribution is 2.07. The maximum absolute atomic E-state index is 5.53. The summed E-state index contributed by atoms with van der Waals surface area (Å²) in [7, 11) is -0.263. The highest BCUT2D eigenvalue weighted by molar-refractivity contribution is 6.68. The van der Waals surface area contributed by atoms with Gasteiger partial charge in [-0.25, -0.2) is 0 Å². The molecule has 0 atom stereocenters. The molecule has 1 heterocycles. The Hall–Kier alpha value is -2.07. The molecule has 0 fully saturated rings. The van der Waals surface area contributed by atoms with Crippen molar-refractivity contribution in [2.45, 2.75) is 13.3 Å². The van der Waals surface area contributed by atoms with E-state index in [-0.39, 0.29) is 7.05 Å². The van der Waals surface area contributed by atoms with E-state index in [0.717, 1.165) is 23.3 Å². The largest absolute Gasteiger partial charge is 0.496 e. The SMILES string of the molecule is CCc1ccc(B2N=C(c3ccccc3)NO2)cc1. The molecule has 0 saturated carbocycles. The molecule has 3 nitrogen and oxygen atoms in total. The van der Waals surface area contributed by atoms with Gasteiger partial charge in [0.05, 0.1) is 0 Å². The van der Waals surface area contributed by atoms with Gasteiger partial charge < -0.3 is 0 Å². The standard InChI is InChI=1S/C15H15BN2O/c1-2-12-8-10-14(11-9-12)16-17-15(18-19-16)13-6-4-3-5-7-13/h3-11H,2H2,1H3,(H,17,18). The molecule has 0 amide bonds. The molecule has 19 heavy (non-hydrogen) atoms. The second-order valence-corrected chi connectivity index (χ2v) is 4.51. The highest BCUT2D eigenvalue weighted by atomic mass is 16.6. The Labute approximate surface area is 113 Å². The summed E-state index contributed by atoms with van der Waals surface area (Å²) in [6.45, 7) is 2.15. The second kappa shape index (κ2) is 5.28. The summed E-state index contributed by atoms with van der Waals surface area (Å²) in [5, 5.41) is 0. The minimum Gasteiger partial charge on any atom is -0.300 e. The molecule has 94 valence electrons. The van der Waals surface area contributed by atoms with Gasteiger partial charge in [-0.1, -0.05) is 61.5 Å². The van der Waals surface area contributed by atoms with Gasteiger partial charge in [0.15, 0.2) is 0 Å². The third-order valence-electron chi connectivity index (χ3n) is 3.23. The molecular weight excluding hydrogens is 235 g/mol. The van der Waals surface area contributed by atoms with E-state index < -0.39 is 0 Å². The van der Waals surface area contributed by atoms with Crippen LogP contribution in [0.1, 0.15) is 18.1 Å². The molecule has 2 aromatic carbocycles. The van der Waals surface area contributed by atoms with Gasteiger partial charge in [0.2, 0.25) is 0 Å². The van der Waals surface area contributed by atoms with Crippen LogP contribution in [0.3, 0.4) is 0 Å². The Morgan fingerprint density at radius 3 is 2.47 bits per heavy atom. The average molecular weight is 250 g/mol. The van der Waals surface area contributed by atoms with E-state index in [0.29, 0.717) is 0 Å². The topological polar surface area (TPSA) is 33.6 Å². The Bertz CT molecular complexity index is 581. The van der Waals surface area contributed by atoms with Crippen molar-refractivity contribution in [2.75, 3.05) is 0 Å². The van der Waals surface area contributed by atoms with Crippen molar-refractivity contribution < 1.29 is 4.76 Å². The molecule has 0 aliphatic carbocycles. The van der Waals surface area contributed by atoms with E-state index >= 15 is 0 Å². The van der Waals surface area contributed by atoms with Gasteiger partial charge in [0.1, 0.15) is 5.84 Å². The van der Waals surface area contributed by atoms with E-state index in [1.807, 2.05) is 30.3 Å². The number of nitrogens with zero attached hydrogens (tertiary/aromatic N) is 1. The van der Waals surface area contributed by atoms with Crippen LogP contribution in [0.25, 0.3) is 0 Å². The number of rotatable bonds is 3. The minimum atomic E-state index is -0.263. The van der Waals surface area contributed by atoms with Crippen molar-refractivity contribution in [3.63, 3.8) is 0 Å². The van der Waals surface area contributed by atoms with Crippen molar-refractivity contribution in [2.24, 2.45) is 4.90 Å². The van der Waals surface area contributed by atoms with Gasteiger partial charge in [0.25, 0.3) is 0 Å². The summed E-state index contributed by atoms with van der Waals surface area (Å²) in [6.07, 6.45) is 1.04. The molecule has 2 aromatic rings. The number of nitrogens with one attached hydrogen (secondary N) is 1. The first kappa shape index (κ1) is 12.0. The lowest BCUT2D eigenvalue weighted by Crippen LogP contribution is -2.31. The minimum absolute atomic E-state index is 0.263. The van der Waals surface area contributed by atoms with Crippen LogP contribution in [0, 0.1) is 0 Å². The Kier molecular flexibility index (Phi) is 3.34. The van der Waals surface area contributed by atoms with Crippen LogP contribution in [0.5, 0.6) is 0 Å². The van der Waals surface area contributed by atoms with Gasteiger partial charge in [0, 0.05) is 5.56 Å². The number of benzene rings is 2. The van der Waals surface area contributed by atoms with Crippen LogP contribution in [0.2, 0.25) is 0 Å². The zero-order chi connectivity index (χ0) is 13.1. The summed E-state index contributed by atoms with van der Waals surface area (Å²) >= 11 is 0. The van der Waals surface area contributed by atoms with E-state index in [2.05, 4.69) is 41.6 Å². The zero-order valence-electron chi connectivity index (χ0n) is 10.8. The maximum atomic E-state index is 5.53. The molecule has 0 spiro atoms. The van der Waals surface area contributed by atoms with E-state index in [4.69, 9.17) is 4.76 Å². The number of hydrogen-bond donors (Lipinski definition) is 1. The number of aryl methyl sites for hydroxylation is 1. The normalized spacial score (nSPS) is 14.2. The molecule has 1 aliphatic heterocycles. The monoisotopic (exact) mass is 250 g/mol. The Morgan fingerprint density at radius 2 is 1.79 bits per heavy atom. The van der Waals surface area contributed by atoms with Gasteiger partial charge >= 0.3 is 7.05 Å². The van der Waals surface area contributed by atoms with Gasteiger partial charge in [-0.3, -0.25) is 15.1 Å². The van der Waals surface area contributed by atoms with E-state index in [1.165, 1.54) is 5.56 Å². The van der Waals surface area contributed by atoms with E-state index in [9.17, 15) is 0 Å². The lowest BCUT2D eigenvalue weighted by Gasteiger charge is -2.03. The van der Waals surface area contributed by atoms with Crippen molar-refractivity contribution in [1.29, 1.82) is 0 Å². The molecule has 0 unspecified atom stereocenters. The lowest BCUT2D eigenvalue weighted by atomic mass is 9.75. The second-order valence-electron chi connectivity index (χ2n) is 4.51. The van der Waals surface area contributed by atoms with Crippen molar-refractivity contribution in [1.82, 2.24) is 5.48 Å². The molecule has 4 heteroatoms. The smallest absolute Gasteiger partial charge is 0.300 e. The van der Waals surface area contributed by atoms with Crippen molar-refractivity contribution in [3.05, 3.63) is 65.7 Å². The third kappa shape index (κ3) is 2.54. The molecule has 1 aliphatic rings. The van der Waals surface area contributed by atoms with Gasteiger partial charge in [-0.05, 0) is 17.4 Å². The van der Waals surface area contributed by atoms with Crippen LogP contribution in [-0.4, -0.2) is 12.9 Å². The van der Waals surface area contributed by atoms with Crippen LogP contribution < -0.4 is 10.9 Å². The fraction of sp³-hybridized carbons (Fsp3) is 0.133. The predicted molar refractivity (Wildman–Crippen MR) is 78.4 cm³/mol. The quantitative estimate of drug-likeness (QED) is 0.844. The first-order chi connectivity index (χ1) is 9.36. The predicted octanol–water partition coefficient (Wildman–Crippen LogP) is 1.93. The average Bonchev–Trinajstić information content (AvgIpc) is 2.98. The highest BCUT2D eigenvalue weighted by Gasteiger charge is 2.26. The zero-order valence-corrected chi connectivity index (χ0v) is 10.8. The summed E-state index contributed by atoms with van der Waals surface area (Å²) in [5.41, 5.74) is 6.32. The van der Waals surface area contributed by atoms with Crippen LogP contribution in [0.4, 0.5) is 0 Å². The fourth-order valence-corrected chi connectivity index (χ4v) is 2.07. The fourth-order valence-electron chi connectivity index (χ4n) is 2.07. The first-order valence-corrected chi connectivity index (χ1v) is 6.50. The number of hydroxylamine groups is 1. The van der Waals surface area contributed by atoms with Crippen LogP contribution in [-0.2, 0) is 11.2 Å². The molecule has 3 rings (SSSR count).